The molecule has 1 N–H and O–H groups in total. The topological polar surface area (TPSA) is 61.9 Å². The van der Waals surface area contributed by atoms with Crippen molar-refractivity contribution in [3.63, 3.8) is 0 Å². The van der Waals surface area contributed by atoms with E-state index in [4.69, 9.17) is 4.42 Å². The fraction of sp³-hybridized carbons (Fsp3) is 0.125. The number of fused-ring (bicyclic) bond motifs is 1. The van der Waals surface area contributed by atoms with E-state index in [-0.39, 0.29) is 0 Å². The highest BCUT2D eigenvalue weighted by atomic mass is 16.3. The quantitative estimate of drug-likeness (QED) is 0.784. The van der Waals surface area contributed by atoms with Gasteiger partial charge in [0.2, 0.25) is 0 Å². The zero-order valence-electron chi connectivity index (χ0n) is 11.1. The summed E-state index contributed by atoms with van der Waals surface area (Å²) in [5, 5.41) is 13.4. The number of aromatic nitrogens is 1. The third-order valence-electron chi connectivity index (χ3n) is 3.10. The predicted molar refractivity (Wildman–Crippen MR) is 77.2 cm³/mol. The molecule has 4 nitrogen and oxygen atoms in total. The lowest BCUT2D eigenvalue weighted by molar-refractivity contribution is 0.518. The van der Waals surface area contributed by atoms with Crippen LogP contribution in [0.3, 0.4) is 0 Å². The van der Waals surface area contributed by atoms with Crippen LogP contribution < -0.4 is 5.32 Å². The lowest BCUT2D eigenvalue weighted by Gasteiger charge is -2.08. The Balaban J connectivity index is 1.97. The molecule has 4 heteroatoms. The lowest BCUT2D eigenvalue weighted by Crippen LogP contribution is -2.03. The number of furan rings is 1. The summed E-state index contributed by atoms with van der Waals surface area (Å²) in [4.78, 5) is 4.51. The van der Waals surface area contributed by atoms with Gasteiger partial charge in [-0.3, -0.25) is 0 Å². The molecule has 2 aromatic heterocycles. The Kier molecular flexibility index (Phi) is 3.10. The highest BCUT2D eigenvalue weighted by Gasteiger charge is 2.07. The van der Waals surface area contributed by atoms with Crippen LogP contribution in [0.25, 0.3) is 10.9 Å². The number of pyridine rings is 1. The minimum absolute atomic E-state index is 0.506. The number of rotatable bonds is 3. The molecule has 0 unspecified atom stereocenters. The number of benzene rings is 1. The molecular weight excluding hydrogens is 250 g/mol. The van der Waals surface area contributed by atoms with Crippen LogP contribution in [0.5, 0.6) is 0 Å². The number of anilines is 1. The van der Waals surface area contributed by atoms with Crippen LogP contribution in [-0.2, 0) is 6.54 Å². The molecule has 0 saturated carbocycles. The molecule has 20 heavy (non-hydrogen) atoms. The summed E-state index contributed by atoms with van der Waals surface area (Å²) in [5.74, 6) is 1.39. The van der Waals surface area contributed by atoms with Gasteiger partial charge in [-0.15, -0.1) is 0 Å². The smallest absolute Gasteiger partial charge is 0.145 e. The van der Waals surface area contributed by atoms with Crippen molar-refractivity contribution >= 4 is 16.7 Å². The molecule has 0 amide bonds. The molecule has 3 rings (SSSR count). The minimum atomic E-state index is 0.506. The Bertz CT molecular complexity index is 785. The number of nitrogens with one attached hydrogen (secondary N) is 1. The normalized spacial score (nSPS) is 10.4. The zero-order chi connectivity index (χ0) is 13.9. The Morgan fingerprint density at radius 3 is 2.95 bits per heavy atom. The molecule has 0 radical (unpaired) electrons. The molecule has 0 bridgehead atoms. The van der Waals surface area contributed by atoms with Gasteiger partial charge in [0.05, 0.1) is 23.9 Å². The van der Waals surface area contributed by atoms with Crippen LogP contribution in [0, 0.1) is 18.3 Å². The van der Waals surface area contributed by atoms with E-state index in [1.807, 2.05) is 43.3 Å². The van der Waals surface area contributed by atoms with Gasteiger partial charge in [-0.1, -0.05) is 11.6 Å². The van der Waals surface area contributed by atoms with Gasteiger partial charge in [0.25, 0.3) is 0 Å². The molecule has 0 aliphatic heterocycles. The number of nitriles is 1. The summed E-state index contributed by atoms with van der Waals surface area (Å²) in [6.45, 7) is 2.53. The van der Waals surface area contributed by atoms with Crippen molar-refractivity contribution in [1.82, 2.24) is 4.98 Å². The van der Waals surface area contributed by atoms with Crippen molar-refractivity contribution in [3.8, 4) is 6.07 Å². The van der Waals surface area contributed by atoms with E-state index in [1.54, 1.807) is 6.26 Å². The van der Waals surface area contributed by atoms with Crippen molar-refractivity contribution in [1.29, 1.82) is 5.26 Å². The molecule has 0 atom stereocenters. The van der Waals surface area contributed by atoms with E-state index in [0.717, 1.165) is 22.2 Å². The summed E-state index contributed by atoms with van der Waals surface area (Å²) in [5.41, 5.74) is 2.56. The van der Waals surface area contributed by atoms with Crippen LogP contribution in [-0.4, -0.2) is 4.98 Å². The molecule has 1 aromatic carbocycles. The monoisotopic (exact) mass is 263 g/mol. The van der Waals surface area contributed by atoms with Crippen LogP contribution in [0.15, 0.2) is 47.1 Å². The van der Waals surface area contributed by atoms with Crippen molar-refractivity contribution in [2.75, 3.05) is 5.32 Å². The van der Waals surface area contributed by atoms with Gasteiger partial charge in [0.1, 0.15) is 17.6 Å². The first-order chi connectivity index (χ1) is 9.76. The van der Waals surface area contributed by atoms with E-state index >= 15 is 0 Å². The second-order valence-electron chi connectivity index (χ2n) is 4.63. The highest BCUT2D eigenvalue weighted by molar-refractivity contribution is 5.83. The van der Waals surface area contributed by atoms with Crippen LogP contribution in [0.1, 0.15) is 16.9 Å². The van der Waals surface area contributed by atoms with Crippen molar-refractivity contribution in [3.05, 3.63) is 59.5 Å². The van der Waals surface area contributed by atoms with E-state index in [9.17, 15) is 5.26 Å². The second-order valence-corrected chi connectivity index (χ2v) is 4.63. The van der Waals surface area contributed by atoms with Gasteiger partial charge < -0.3 is 9.73 Å². The Labute approximate surface area is 116 Å². The third kappa shape index (κ3) is 2.34. The van der Waals surface area contributed by atoms with Gasteiger partial charge in [0, 0.05) is 5.39 Å². The Hall–Kier alpha value is -2.80. The van der Waals surface area contributed by atoms with Gasteiger partial charge in [-0.25, -0.2) is 4.98 Å². The third-order valence-corrected chi connectivity index (χ3v) is 3.10. The first-order valence-electron chi connectivity index (χ1n) is 6.34. The van der Waals surface area contributed by atoms with Gasteiger partial charge >= 0.3 is 0 Å². The molecule has 0 aliphatic rings. The molecule has 0 saturated heterocycles. The summed E-state index contributed by atoms with van der Waals surface area (Å²) in [6, 6.07) is 13.8. The first-order valence-corrected chi connectivity index (χ1v) is 6.34. The maximum atomic E-state index is 9.25. The lowest BCUT2D eigenvalue weighted by atomic mass is 10.1. The number of hydrogen-bond acceptors (Lipinski definition) is 4. The zero-order valence-corrected chi connectivity index (χ0v) is 11.1. The van der Waals surface area contributed by atoms with E-state index in [1.165, 1.54) is 0 Å². The van der Waals surface area contributed by atoms with Crippen molar-refractivity contribution in [2.24, 2.45) is 0 Å². The summed E-state index contributed by atoms with van der Waals surface area (Å²) in [6.07, 6.45) is 1.62. The standard InChI is InChI=1S/C16H13N3O/c1-11-4-5-15-12(7-11)8-13(9-17)16(19-15)18-10-14-3-2-6-20-14/h2-8H,10H2,1H3,(H,18,19). The molecule has 0 fully saturated rings. The first kappa shape index (κ1) is 12.2. The molecule has 98 valence electrons. The summed E-state index contributed by atoms with van der Waals surface area (Å²) in [7, 11) is 0. The van der Waals surface area contributed by atoms with Crippen LogP contribution >= 0.6 is 0 Å². The summed E-state index contributed by atoms with van der Waals surface area (Å²) < 4.78 is 5.26. The van der Waals surface area contributed by atoms with Crippen LogP contribution in [0.2, 0.25) is 0 Å². The van der Waals surface area contributed by atoms with Gasteiger partial charge in [-0.2, -0.15) is 5.26 Å². The van der Waals surface area contributed by atoms with Crippen molar-refractivity contribution in [2.45, 2.75) is 13.5 Å². The Morgan fingerprint density at radius 1 is 1.30 bits per heavy atom. The van der Waals surface area contributed by atoms with E-state index in [2.05, 4.69) is 16.4 Å². The molecular formula is C16H13N3O. The van der Waals surface area contributed by atoms with Crippen molar-refractivity contribution < 1.29 is 4.42 Å². The highest BCUT2D eigenvalue weighted by Crippen LogP contribution is 2.21. The maximum absolute atomic E-state index is 9.25. The number of aryl methyl sites for hydroxylation is 1. The number of nitrogens with zero attached hydrogens (tertiary/aromatic N) is 2. The fourth-order valence-corrected chi connectivity index (χ4v) is 2.10. The van der Waals surface area contributed by atoms with E-state index in [0.29, 0.717) is 17.9 Å². The SMILES string of the molecule is Cc1ccc2nc(NCc3ccco3)c(C#N)cc2c1. The molecule has 3 aromatic rings. The summed E-state index contributed by atoms with van der Waals surface area (Å²) >= 11 is 0. The predicted octanol–water partition coefficient (Wildman–Crippen LogP) is 3.62. The van der Waals surface area contributed by atoms with Crippen LogP contribution in [0.4, 0.5) is 5.82 Å². The van der Waals surface area contributed by atoms with E-state index < -0.39 is 0 Å². The number of hydrogen-bond donors (Lipinski definition) is 1. The maximum Gasteiger partial charge on any atom is 0.145 e. The minimum Gasteiger partial charge on any atom is -0.467 e. The van der Waals surface area contributed by atoms with Gasteiger partial charge in [-0.05, 0) is 37.3 Å². The molecule has 0 aliphatic carbocycles. The molecule has 2 heterocycles. The largest absolute Gasteiger partial charge is 0.467 e. The molecule has 0 spiro atoms. The average Bonchev–Trinajstić information content (AvgIpc) is 2.97. The fourth-order valence-electron chi connectivity index (χ4n) is 2.10. The van der Waals surface area contributed by atoms with Gasteiger partial charge in [0.15, 0.2) is 0 Å². The average molecular weight is 263 g/mol. The Morgan fingerprint density at radius 2 is 2.20 bits per heavy atom. The second kappa shape index (κ2) is 5.06.